The smallest absolute Gasteiger partial charge is 0.141 e. The minimum atomic E-state index is -0.322. The van der Waals surface area contributed by atoms with Crippen molar-refractivity contribution in [2.45, 2.75) is 19.4 Å². The predicted octanol–water partition coefficient (Wildman–Crippen LogP) is 1.46. The summed E-state index contributed by atoms with van der Waals surface area (Å²) in [6, 6.07) is 1.48. The zero-order valence-electron chi connectivity index (χ0n) is 11.8. The fourth-order valence-corrected chi connectivity index (χ4v) is 2.69. The third kappa shape index (κ3) is 3.64. The van der Waals surface area contributed by atoms with Gasteiger partial charge in [-0.1, -0.05) is 0 Å². The first-order valence-corrected chi connectivity index (χ1v) is 6.84. The van der Waals surface area contributed by atoms with Crippen LogP contribution in [0.2, 0.25) is 0 Å². The van der Waals surface area contributed by atoms with Gasteiger partial charge in [0.25, 0.3) is 0 Å². The van der Waals surface area contributed by atoms with Crippen molar-refractivity contribution in [1.82, 2.24) is 9.88 Å². The topological polar surface area (TPSA) is 45.4 Å². The predicted molar refractivity (Wildman–Crippen MR) is 75.6 cm³/mol. The molecule has 0 spiro atoms. The molecule has 1 aliphatic heterocycles. The molecule has 0 aromatic carbocycles. The van der Waals surface area contributed by atoms with Gasteiger partial charge in [-0.05, 0) is 45.0 Å². The number of hydrogen-bond acceptors (Lipinski definition) is 4. The molecule has 19 heavy (non-hydrogen) atoms. The highest BCUT2D eigenvalue weighted by molar-refractivity contribution is 5.46. The number of nitrogens with two attached hydrogens (primary N) is 1. The molecule has 0 amide bonds. The monoisotopic (exact) mass is 266 g/mol. The van der Waals surface area contributed by atoms with Crippen molar-refractivity contribution in [3.05, 3.63) is 23.6 Å². The molecule has 0 unspecified atom stereocenters. The highest BCUT2D eigenvalue weighted by Crippen LogP contribution is 2.22. The van der Waals surface area contributed by atoms with Gasteiger partial charge in [0, 0.05) is 25.7 Å². The van der Waals surface area contributed by atoms with Crippen LogP contribution >= 0.6 is 0 Å². The maximum Gasteiger partial charge on any atom is 0.141 e. The fourth-order valence-electron chi connectivity index (χ4n) is 2.69. The number of rotatable bonds is 4. The Balaban J connectivity index is 2.01. The van der Waals surface area contributed by atoms with Crippen molar-refractivity contribution in [2.75, 3.05) is 38.6 Å². The van der Waals surface area contributed by atoms with Crippen LogP contribution in [0.1, 0.15) is 18.4 Å². The molecule has 1 aromatic rings. The van der Waals surface area contributed by atoms with Crippen LogP contribution in [0.4, 0.5) is 10.2 Å². The van der Waals surface area contributed by atoms with Gasteiger partial charge in [-0.25, -0.2) is 9.37 Å². The highest BCUT2D eigenvalue weighted by Gasteiger charge is 2.19. The van der Waals surface area contributed by atoms with E-state index >= 15 is 0 Å². The Morgan fingerprint density at radius 1 is 1.47 bits per heavy atom. The molecular weight excluding hydrogens is 243 g/mol. The largest absolute Gasteiger partial charge is 0.359 e. The molecule has 4 nitrogen and oxygen atoms in total. The number of piperidine rings is 1. The lowest BCUT2D eigenvalue weighted by atomic mass is 9.96. The van der Waals surface area contributed by atoms with Gasteiger partial charge in [-0.15, -0.1) is 0 Å². The van der Waals surface area contributed by atoms with Crippen molar-refractivity contribution in [3.63, 3.8) is 0 Å². The van der Waals surface area contributed by atoms with Crippen LogP contribution in [0.3, 0.4) is 0 Å². The maximum atomic E-state index is 13.2. The molecule has 1 aliphatic rings. The van der Waals surface area contributed by atoms with Gasteiger partial charge in [0.2, 0.25) is 0 Å². The summed E-state index contributed by atoms with van der Waals surface area (Å²) in [5.41, 5.74) is 6.44. The van der Waals surface area contributed by atoms with Gasteiger partial charge in [0.05, 0.1) is 6.20 Å². The van der Waals surface area contributed by atoms with Crippen molar-refractivity contribution >= 4 is 5.82 Å². The lowest BCUT2D eigenvalue weighted by Crippen LogP contribution is -2.36. The van der Waals surface area contributed by atoms with Gasteiger partial charge < -0.3 is 15.5 Å². The Hall–Kier alpha value is -1.20. The second kappa shape index (κ2) is 6.30. The van der Waals surface area contributed by atoms with Crippen molar-refractivity contribution in [3.8, 4) is 0 Å². The number of halogens is 1. The molecule has 2 N–H and O–H groups in total. The zero-order chi connectivity index (χ0) is 13.8. The van der Waals surface area contributed by atoms with Crippen LogP contribution < -0.4 is 10.6 Å². The minimum Gasteiger partial charge on any atom is -0.359 e. The lowest BCUT2D eigenvalue weighted by Gasteiger charge is -2.32. The first kappa shape index (κ1) is 14.2. The lowest BCUT2D eigenvalue weighted by molar-refractivity contribution is 0.222. The SMILES string of the molecule is CN1CCC(CN(C)c2ncc(F)cc2CN)CC1. The van der Waals surface area contributed by atoms with E-state index in [0.29, 0.717) is 12.5 Å². The molecule has 5 heteroatoms. The average Bonchev–Trinajstić information content (AvgIpc) is 2.41. The van der Waals surface area contributed by atoms with Crippen LogP contribution in [-0.2, 0) is 6.54 Å². The average molecular weight is 266 g/mol. The maximum absolute atomic E-state index is 13.2. The summed E-state index contributed by atoms with van der Waals surface area (Å²) in [5.74, 6) is 1.17. The number of hydrogen-bond donors (Lipinski definition) is 1. The first-order valence-electron chi connectivity index (χ1n) is 6.84. The molecule has 2 rings (SSSR count). The summed E-state index contributed by atoms with van der Waals surface area (Å²) in [6.45, 7) is 3.58. The molecule has 1 saturated heterocycles. The molecule has 106 valence electrons. The molecule has 2 heterocycles. The molecule has 0 bridgehead atoms. The third-order valence-corrected chi connectivity index (χ3v) is 3.86. The van der Waals surface area contributed by atoms with Gasteiger partial charge in [-0.2, -0.15) is 0 Å². The number of aromatic nitrogens is 1. The summed E-state index contributed by atoms with van der Waals surface area (Å²) in [7, 11) is 4.17. The Labute approximate surface area is 114 Å². The zero-order valence-corrected chi connectivity index (χ0v) is 11.8. The fraction of sp³-hybridized carbons (Fsp3) is 0.643. The number of anilines is 1. The van der Waals surface area contributed by atoms with Gasteiger partial charge in [0.1, 0.15) is 11.6 Å². The molecular formula is C14H23FN4. The van der Waals surface area contributed by atoms with Gasteiger partial charge in [0.15, 0.2) is 0 Å². The minimum absolute atomic E-state index is 0.317. The standard InChI is InChI=1S/C14H23FN4/c1-18-5-3-11(4-6-18)10-19(2)14-12(8-16)7-13(15)9-17-14/h7,9,11H,3-6,8,10,16H2,1-2H3. The first-order chi connectivity index (χ1) is 9.10. The molecule has 1 aromatic heterocycles. The molecule has 0 atom stereocenters. The van der Waals surface area contributed by atoms with Crippen LogP contribution in [-0.4, -0.2) is 43.6 Å². The van der Waals surface area contributed by atoms with Crippen molar-refractivity contribution < 1.29 is 4.39 Å². The number of likely N-dealkylation sites (tertiary alicyclic amines) is 1. The van der Waals surface area contributed by atoms with E-state index in [1.54, 1.807) is 0 Å². The molecule has 1 fully saturated rings. The quantitative estimate of drug-likeness (QED) is 0.896. The third-order valence-electron chi connectivity index (χ3n) is 3.86. The molecule has 0 radical (unpaired) electrons. The van der Waals surface area contributed by atoms with E-state index in [9.17, 15) is 4.39 Å². The van der Waals surface area contributed by atoms with E-state index in [1.807, 2.05) is 7.05 Å². The Morgan fingerprint density at radius 3 is 2.79 bits per heavy atom. The van der Waals surface area contributed by atoms with E-state index in [0.717, 1.165) is 31.0 Å². The summed E-state index contributed by atoms with van der Waals surface area (Å²) >= 11 is 0. The molecule has 0 aliphatic carbocycles. The summed E-state index contributed by atoms with van der Waals surface area (Å²) < 4.78 is 13.2. The summed E-state index contributed by atoms with van der Waals surface area (Å²) in [4.78, 5) is 8.66. The number of pyridine rings is 1. The second-order valence-electron chi connectivity index (χ2n) is 5.47. The van der Waals surface area contributed by atoms with Crippen LogP contribution in [0.25, 0.3) is 0 Å². The van der Waals surface area contributed by atoms with Crippen molar-refractivity contribution in [1.29, 1.82) is 0 Å². The van der Waals surface area contributed by atoms with E-state index < -0.39 is 0 Å². The Bertz CT molecular complexity index is 416. The van der Waals surface area contributed by atoms with Crippen LogP contribution in [0.15, 0.2) is 12.3 Å². The normalized spacial score (nSPS) is 17.7. The summed E-state index contributed by atoms with van der Waals surface area (Å²) in [6.07, 6.45) is 3.68. The summed E-state index contributed by atoms with van der Waals surface area (Å²) in [5, 5.41) is 0. The number of nitrogens with zero attached hydrogens (tertiary/aromatic N) is 3. The van der Waals surface area contributed by atoms with E-state index in [4.69, 9.17) is 5.73 Å². The van der Waals surface area contributed by atoms with Gasteiger partial charge in [-0.3, -0.25) is 0 Å². The highest BCUT2D eigenvalue weighted by atomic mass is 19.1. The van der Waals surface area contributed by atoms with E-state index in [-0.39, 0.29) is 5.82 Å². The second-order valence-corrected chi connectivity index (χ2v) is 5.47. The van der Waals surface area contributed by atoms with Crippen molar-refractivity contribution in [2.24, 2.45) is 11.7 Å². The van der Waals surface area contributed by atoms with Crippen LogP contribution in [0.5, 0.6) is 0 Å². The van der Waals surface area contributed by atoms with E-state index in [2.05, 4.69) is 21.8 Å². The van der Waals surface area contributed by atoms with Crippen LogP contribution in [0, 0.1) is 11.7 Å². The Kier molecular flexibility index (Phi) is 4.71. The Morgan fingerprint density at radius 2 is 2.16 bits per heavy atom. The van der Waals surface area contributed by atoms with Gasteiger partial charge >= 0.3 is 0 Å². The van der Waals surface area contributed by atoms with E-state index in [1.165, 1.54) is 25.1 Å². The molecule has 0 saturated carbocycles.